The lowest BCUT2D eigenvalue weighted by Gasteiger charge is -2.37. The quantitative estimate of drug-likeness (QED) is 0.697. The van der Waals surface area contributed by atoms with Crippen molar-refractivity contribution < 1.29 is 23.2 Å². The van der Waals surface area contributed by atoms with E-state index in [2.05, 4.69) is 10.6 Å². The molecule has 0 bridgehead atoms. The summed E-state index contributed by atoms with van der Waals surface area (Å²) in [6, 6.07) is 8.31. The van der Waals surface area contributed by atoms with E-state index < -0.39 is 17.7 Å². The summed E-state index contributed by atoms with van der Waals surface area (Å²) in [6.07, 6.45) is 0. The van der Waals surface area contributed by atoms with E-state index in [1.54, 1.807) is 11.8 Å². The van der Waals surface area contributed by atoms with Crippen LogP contribution in [0.3, 0.4) is 0 Å². The zero-order valence-electron chi connectivity index (χ0n) is 19.0. The average Bonchev–Trinajstić information content (AvgIpc) is 2.81. The summed E-state index contributed by atoms with van der Waals surface area (Å²) in [5.74, 6) is -3.04. The molecule has 0 saturated carbocycles. The molecule has 1 fully saturated rings. The molecular formula is C24H28F2N4O3. The van der Waals surface area contributed by atoms with Crippen molar-refractivity contribution in [3.8, 4) is 0 Å². The second-order valence-corrected chi connectivity index (χ2v) is 8.17. The minimum atomic E-state index is -1.06. The lowest BCUT2D eigenvalue weighted by atomic mass is 10.1. The molecule has 1 saturated heterocycles. The molecule has 3 rings (SSSR count). The van der Waals surface area contributed by atoms with Gasteiger partial charge in [-0.15, -0.1) is 0 Å². The van der Waals surface area contributed by atoms with Crippen LogP contribution in [-0.2, 0) is 9.59 Å². The van der Waals surface area contributed by atoms with Gasteiger partial charge in [-0.25, -0.2) is 8.78 Å². The molecule has 0 aromatic heterocycles. The van der Waals surface area contributed by atoms with Gasteiger partial charge in [0.05, 0.1) is 12.6 Å². The number of aryl methyl sites for hydroxylation is 2. The Balaban J connectivity index is 1.47. The summed E-state index contributed by atoms with van der Waals surface area (Å²) in [7, 11) is 0. The number of para-hydroxylation sites is 1. The molecule has 33 heavy (non-hydrogen) atoms. The first-order chi connectivity index (χ1) is 15.7. The first kappa shape index (κ1) is 24.3. The highest BCUT2D eigenvalue weighted by Gasteiger charge is 2.28. The van der Waals surface area contributed by atoms with Crippen molar-refractivity contribution in [2.45, 2.75) is 26.8 Å². The van der Waals surface area contributed by atoms with Crippen molar-refractivity contribution in [3.05, 3.63) is 64.7 Å². The molecule has 2 aromatic carbocycles. The van der Waals surface area contributed by atoms with Gasteiger partial charge in [0.15, 0.2) is 11.6 Å². The van der Waals surface area contributed by atoms with Gasteiger partial charge in [-0.3, -0.25) is 19.3 Å². The fourth-order valence-electron chi connectivity index (χ4n) is 3.80. The second-order valence-electron chi connectivity index (χ2n) is 8.17. The van der Waals surface area contributed by atoms with Crippen LogP contribution in [0.1, 0.15) is 28.4 Å². The SMILES string of the molecule is Cc1cccc(C)c1NC(=O)CNC(=O)C(C)N1CCN(C(=O)c2ccc(F)c(F)c2)CC1. The van der Waals surface area contributed by atoms with Crippen LogP contribution in [-0.4, -0.2) is 66.3 Å². The summed E-state index contributed by atoms with van der Waals surface area (Å²) in [5, 5.41) is 5.49. The molecule has 9 heteroatoms. The predicted molar refractivity (Wildman–Crippen MR) is 121 cm³/mol. The van der Waals surface area contributed by atoms with Gasteiger partial charge in [0.25, 0.3) is 5.91 Å². The Bertz CT molecular complexity index is 1030. The van der Waals surface area contributed by atoms with E-state index in [4.69, 9.17) is 0 Å². The number of carbonyl (C=O) groups is 3. The first-order valence-corrected chi connectivity index (χ1v) is 10.8. The van der Waals surface area contributed by atoms with Gasteiger partial charge in [0.2, 0.25) is 11.8 Å². The number of rotatable bonds is 6. The largest absolute Gasteiger partial charge is 0.346 e. The van der Waals surface area contributed by atoms with Crippen molar-refractivity contribution in [1.29, 1.82) is 0 Å². The number of halogens is 2. The summed E-state index contributed by atoms with van der Waals surface area (Å²) in [4.78, 5) is 40.8. The van der Waals surface area contributed by atoms with Gasteiger partial charge in [-0.1, -0.05) is 18.2 Å². The van der Waals surface area contributed by atoms with Gasteiger partial charge >= 0.3 is 0 Å². The van der Waals surface area contributed by atoms with Crippen molar-refractivity contribution in [2.75, 3.05) is 38.0 Å². The number of hydrogen-bond donors (Lipinski definition) is 2. The average molecular weight is 459 g/mol. The highest BCUT2D eigenvalue weighted by molar-refractivity contribution is 5.96. The standard InChI is InChI=1S/C24H28F2N4O3/c1-15-5-4-6-16(2)22(15)28-21(31)14-27-23(32)17(3)29-9-11-30(12-10-29)24(33)18-7-8-19(25)20(26)13-18/h4-8,13,17H,9-12,14H2,1-3H3,(H,27,32)(H,28,31). The maximum Gasteiger partial charge on any atom is 0.254 e. The fourth-order valence-corrected chi connectivity index (χ4v) is 3.80. The molecule has 2 N–H and O–H groups in total. The minimum absolute atomic E-state index is 0.0862. The number of hydrogen-bond acceptors (Lipinski definition) is 4. The highest BCUT2D eigenvalue weighted by atomic mass is 19.2. The smallest absolute Gasteiger partial charge is 0.254 e. The van der Waals surface area contributed by atoms with E-state index >= 15 is 0 Å². The van der Waals surface area contributed by atoms with Gasteiger partial charge in [0.1, 0.15) is 0 Å². The van der Waals surface area contributed by atoms with E-state index in [0.717, 1.165) is 28.9 Å². The second kappa shape index (κ2) is 10.5. The summed E-state index contributed by atoms with van der Waals surface area (Å²) < 4.78 is 26.5. The molecule has 7 nitrogen and oxygen atoms in total. The minimum Gasteiger partial charge on any atom is -0.346 e. The number of benzene rings is 2. The van der Waals surface area contributed by atoms with Crippen LogP contribution in [0.4, 0.5) is 14.5 Å². The monoisotopic (exact) mass is 458 g/mol. The van der Waals surface area contributed by atoms with E-state index in [0.29, 0.717) is 26.2 Å². The topological polar surface area (TPSA) is 81.8 Å². The number of amides is 3. The van der Waals surface area contributed by atoms with Crippen LogP contribution in [0.2, 0.25) is 0 Å². The van der Waals surface area contributed by atoms with Crippen LogP contribution >= 0.6 is 0 Å². The molecule has 1 atom stereocenters. The molecule has 0 aliphatic carbocycles. The van der Waals surface area contributed by atoms with E-state index in [9.17, 15) is 23.2 Å². The third-order valence-corrected chi connectivity index (χ3v) is 5.86. The summed E-state index contributed by atoms with van der Waals surface area (Å²) in [5.41, 5.74) is 2.72. The zero-order valence-corrected chi connectivity index (χ0v) is 19.0. The van der Waals surface area contributed by atoms with Gasteiger partial charge in [0, 0.05) is 37.4 Å². The van der Waals surface area contributed by atoms with Crippen LogP contribution in [0.15, 0.2) is 36.4 Å². The molecule has 1 unspecified atom stereocenters. The Labute approximate surface area is 191 Å². The maximum atomic E-state index is 13.4. The van der Waals surface area contributed by atoms with Gasteiger partial charge < -0.3 is 15.5 Å². The Hall–Kier alpha value is -3.33. The van der Waals surface area contributed by atoms with Crippen LogP contribution in [0.25, 0.3) is 0 Å². The Morgan fingerprint density at radius 3 is 2.21 bits per heavy atom. The number of piperazine rings is 1. The van der Waals surface area contributed by atoms with Crippen molar-refractivity contribution in [1.82, 2.24) is 15.1 Å². The summed E-state index contributed by atoms with van der Waals surface area (Å²) >= 11 is 0. The number of nitrogens with one attached hydrogen (secondary N) is 2. The maximum absolute atomic E-state index is 13.4. The Morgan fingerprint density at radius 2 is 1.61 bits per heavy atom. The summed E-state index contributed by atoms with van der Waals surface area (Å²) in [6.45, 7) is 6.99. The third kappa shape index (κ3) is 5.92. The van der Waals surface area contributed by atoms with Crippen molar-refractivity contribution in [2.24, 2.45) is 0 Å². The molecule has 176 valence electrons. The van der Waals surface area contributed by atoms with E-state index in [1.165, 1.54) is 6.07 Å². The van der Waals surface area contributed by atoms with Gasteiger partial charge in [-0.05, 0) is 50.1 Å². The van der Waals surface area contributed by atoms with Crippen LogP contribution in [0, 0.1) is 25.5 Å². The Kier molecular flexibility index (Phi) is 7.75. The molecule has 1 heterocycles. The lowest BCUT2D eigenvalue weighted by Crippen LogP contribution is -2.55. The van der Waals surface area contributed by atoms with Crippen LogP contribution in [0.5, 0.6) is 0 Å². The molecule has 0 radical (unpaired) electrons. The van der Waals surface area contributed by atoms with Crippen LogP contribution < -0.4 is 10.6 Å². The first-order valence-electron chi connectivity index (χ1n) is 10.8. The third-order valence-electron chi connectivity index (χ3n) is 5.86. The zero-order chi connectivity index (χ0) is 24.1. The Morgan fingerprint density at radius 1 is 0.970 bits per heavy atom. The molecule has 1 aliphatic rings. The highest BCUT2D eigenvalue weighted by Crippen LogP contribution is 2.19. The predicted octanol–water partition coefficient (Wildman–Crippen LogP) is 2.48. The molecular weight excluding hydrogens is 430 g/mol. The normalized spacial score (nSPS) is 15.1. The van der Waals surface area contributed by atoms with E-state index in [1.807, 2.05) is 36.9 Å². The fraction of sp³-hybridized carbons (Fsp3) is 0.375. The molecule has 2 aromatic rings. The van der Waals surface area contributed by atoms with Gasteiger partial charge in [-0.2, -0.15) is 0 Å². The molecule has 3 amide bonds. The molecule has 1 aliphatic heterocycles. The van der Waals surface area contributed by atoms with E-state index in [-0.39, 0.29) is 29.8 Å². The number of carbonyl (C=O) groups excluding carboxylic acids is 3. The number of anilines is 1. The number of nitrogens with zero attached hydrogens (tertiary/aromatic N) is 2. The van der Waals surface area contributed by atoms with Crippen molar-refractivity contribution in [3.63, 3.8) is 0 Å². The molecule has 0 spiro atoms. The lowest BCUT2D eigenvalue weighted by molar-refractivity contribution is -0.128. The van der Waals surface area contributed by atoms with Crippen molar-refractivity contribution >= 4 is 23.4 Å².